The molecule has 1 heterocycles. The zero-order valence-corrected chi connectivity index (χ0v) is 9.44. The molecular formula is C12H17N3O. The molecule has 16 heavy (non-hydrogen) atoms. The van der Waals surface area contributed by atoms with Crippen molar-refractivity contribution in [1.29, 1.82) is 0 Å². The van der Waals surface area contributed by atoms with Gasteiger partial charge in [-0.1, -0.05) is 12.1 Å². The summed E-state index contributed by atoms with van der Waals surface area (Å²) in [5.74, 6) is 0. The Hall–Kier alpha value is -1.55. The van der Waals surface area contributed by atoms with E-state index < -0.39 is 0 Å². The molecule has 0 aromatic heterocycles. The molecule has 4 heteroatoms. The Bertz CT molecular complexity index is 374. The van der Waals surface area contributed by atoms with E-state index in [2.05, 4.69) is 5.32 Å². The molecule has 1 aromatic carbocycles. The lowest BCUT2D eigenvalue weighted by atomic mass is 10.1. The van der Waals surface area contributed by atoms with Crippen molar-refractivity contribution >= 4 is 11.7 Å². The molecule has 1 aliphatic heterocycles. The largest absolute Gasteiger partial charge is 0.335 e. The fourth-order valence-electron chi connectivity index (χ4n) is 1.84. The van der Waals surface area contributed by atoms with Gasteiger partial charge < -0.3 is 11.1 Å². The van der Waals surface area contributed by atoms with Gasteiger partial charge >= 0.3 is 6.03 Å². The monoisotopic (exact) mass is 219 g/mol. The second-order valence-electron chi connectivity index (χ2n) is 4.16. The summed E-state index contributed by atoms with van der Waals surface area (Å²) in [6.07, 6.45) is 0.977. The molecule has 2 rings (SSSR count). The summed E-state index contributed by atoms with van der Waals surface area (Å²) >= 11 is 0. The van der Waals surface area contributed by atoms with Gasteiger partial charge in [-0.05, 0) is 31.0 Å². The van der Waals surface area contributed by atoms with Gasteiger partial charge in [0.05, 0.1) is 0 Å². The van der Waals surface area contributed by atoms with Crippen molar-refractivity contribution in [3.05, 3.63) is 29.8 Å². The van der Waals surface area contributed by atoms with E-state index in [-0.39, 0.29) is 12.1 Å². The highest BCUT2D eigenvalue weighted by Crippen LogP contribution is 2.18. The number of benzene rings is 1. The molecule has 0 radical (unpaired) electrons. The molecule has 1 aromatic rings. The summed E-state index contributed by atoms with van der Waals surface area (Å²) in [4.78, 5) is 13.5. The first kappa shape index (κ1) is 11.0. The second-order valence-corrected chi connectivity index (χ2v) is 4.16. The van der Waals surface area contributed by atoms with Crippen molar-refractivity contribution in [2.24, 2.45) is 5.73 Å². The Morgan fingerprint density at radius 3 is 2.69 bits per heavy atom. The highest BCUT2D eigenvalue weighted by atomic mass is 16.2. The summed E-state index contributed by atoms with van der Waals surface area (Å²) in [7, 11) is 0. The Kier molecular flexibility index (Phi) is 3.10. The average Bonchev–Trinajstić information content (AvgIpc) is 2.29. The van der Waals surface area contributed by atoms with E-state index in [4.69, 9.17) is 5.73 Å². The number of rotatable bonds is 2. The number of nitrogens with one attached hydrogen (secondary N) is 1. The Labute approximate surface area is 95.4 Å². The normalized spacial score (nSPS) is 20.8. The van der Waals surface area contributed by atoms with Crippen LogP contribution in [0.25, 0.3) is 0 Å². The summed E-state index contributed by atoms with van der Waals surface area (Å²) in [5, 5.41) is 2.92. The zero-order chi connectivity index (χ0) is 11.5. The summed E-state index contributed by atoms with van der Waals surface area (Å²) in [5.41, 5.74) is 7.54. The first-order valence-electron chi connectivity index (χ1n) is 5.58. The molecule has 1 atom stereocenters. The van der Waals surface area contributed by atoms with E-state index in [0.717, 1.165) is 24.2 Å². The molecule has 1 aliphatic rings. The maximum atomic E-state index is 11.7. The van der Waals surface area contributed by atoms with Gasteiger partial charge in [0, 0.05) is 24.8 Å². The van der Waals surface area contributed by atoms with Gasteiger partial charge in [-0.15, -0.1) is 0 Å². The minimum absolute atomic E-state index is 0.0146. The van der Waals surface area contributed by atoms with Gasteiger partial charge in [0.2, 0.25) is 0 Å². The van der Waals surface area contributed by atoms with Crippen molar-refractivity contribution in [3.63, 3.8) is 0 Å². The number of carbonyl (C=O) groups is 1. The Morgan fingerprint density at radius 1 is 1.44 bits per heavy atom. The number of anilines is 1. The highest BCUT2D eigenvalue weighted by molar-refractivity contribution is 5.92. The molecule has 0 saturated carbocycles. The maximum Gasteiger partial charge on any atom is 0.322 e. The van der Waals surface area contributed by atoms with E-state index in [9.17, 15) is 4.79 Å². The van der Waals surface area contributed by atoms with Crippen LogP contribution < -0.4 is 16.0 Å². The molecule has 3 N–H and O–H groups in total. The lowest BCUT2D eigenvalue weighted by molar-refractivity contribution is 0.237. The Morgan fingerprint density at radius 2 is 2.12 bits per heavy atom. The molecule has 0 bridgehead atoms. The quantitative estimate of drug-likeness (QED) is 0.791. The molecule has 0 spiro atoms. The number of hydrogen-bond donors (Lipinski definition) is 2. The van der Waals surface area contributed by atoms with Gasteiger partial charge in [0.15, 0.2) is 0 Å². The molecular weight excluding hydrogens is 202 g/mol. The van der Waals surface area contributed by atoms with Crippen LogP contribution >= 0.6 is 0 Å². The molecule has 2 amide bonds. The van der Waals surface area contributed by atoms with Crippen molar-refractivity contribution < 1.29 is 4.79 Å². The van der Waals surface area contributed by atoms with Gasteiger partial charge in [-0.25, -0.2) is 4.79 Å². The van der Waals surface area contributed by atoms with Crippen LogP contribution in [0.1, 0.15) is 18.9 Å². The summed E-state index contributed by atoms with van der Waals surface area (Å²) < 4.78 is 0. The van der Waals surface area contributed by atoms with E-state index in [1.165, 1.54) is 0 Å². The number of amides is 2. The van der Waals surface area contributed by atoms with Gasteiger partial charge in [0.25, 0.3) is 0 Å². The predicted octanol–water partition coefficient (Wildman–Crippen LogP) is 1.45. The average molecular weight is 219 g/mol. The maximum absolute atomic E-state index is 11.7. The highest BCUT2D eigenvalue weighted by Gasteiger charge is 2.22. The van der Waals surface area contributed by atoms with E-state index in [0.29, 0.717) is 6.54 Å². The first-order valence-corrected chi connectivity index (χ1v) is 5.58. The van der Waals surface area contributed by atoms with Crippen LogP contribution in [0.4, 0.5) is 10.5 Å². The molecule has 1 saturated heterocycles. The van der Waals surface area contributed by atoms with Crippen molar-refractivity contribution in [1.82, 2.24) is 5.32 Å². The van der Waals surface area contributed by atoms with Crippen LogP contribution in [0.15, 0.2) is 24.3 Å². The third-order valence-corrected chi connectivity index (χ3v) is 2.88. The van der Waals surface area contributed by atoms with Crippen LogP contribution in [-0.4, -0.2) is 18.6 Å². The predicted molar refractivity (Wildman–Crippen MR) is 64.3 cm³/mol. The fraction of sp³-hybridized carbons (Fsp3) is 0.417. The van der Waals surface area contributed by atoms with E-state index in [1.807, 2.05) is 31.2 Å². The zero-order valence-electron chi connectivity index (χ0n) is 9.44. The third-order valence-electron chi connectivity index (χ3n) is 2.88. The van der Waals surface area contributed by atoms with Crippen molar-refractivity contribution in [3.8, 4) is 0 Å². The van der Waals surface area contributed by atoms with Gasteiger partial charge in [0.1, 0.15) is 0 Å². The van der Waals surface area contributed by atoms with Crippen molar-refractivity contribution in [2.45, 2.75) is 25.9 Å². The molecule has 0 aliphatic carbocycles. The van der Waals surface area contributed by atoms with Crippen LogP contribution in [0.2, 0.25) is 0 Å². The smallest absolute Gasteiger partial charge is 0.322 e. The summed E-state index contributed by atoms with van der Waals surface area (Å²) in [6, 6.07) is 8.06. The standard InChI is InChI=1S/C12H17N3O/c1-9-6-7-15(12(16)14-9)11-4-2-10(8-13)3-5-11/h2-5,9H,6-8,13H2,1H3,(H,14,16). The molecule has 1 fully saturated rings. The SMILES string of the molecule is CC1CCN(c2ccc(CN)cc2)C(=O)N1. The molecule has 4 nitrogen and oxygen atoms in total. The molecule has 86 valence electrons. The van der Waals surface area contributed by atoms with Gasteiger partial charge in [-0.3, -0.25) is 4.90 Å². The van der Waals surface area contributed by atoms with E-state index >= 15 is 0 Å². The molecule has 1 unspecified atom stereocenters. The second kappa shape index (κ2) is 4.53. The minimum atomic E-state index is -0.0146. The Balaban J connectivity index is 2.14. The number of urea groups is 1. The van der Waals surface area contributed by atoms with Crippen molar-refractivity contribution in [2.75, 3.05) is 11.4 Å². The van der Waals surface area contributed by atoms with Crippen LogP contribution in [0, 0.1) is 0 Å². The minimum Gasteiger partial charge on any atom is -0.335 e. The number of hydrogen-bond acceptors (Lipinski definition) is 2. The van der Waals surface area contributed by atoms with Gasteiger partial charge in [-0.2, -0.15) is 0 Å². The fourth-order valence-corrected chi connectivity index (χ4v) is 1.84. The number of carbonyl (C=O) groups excluding carboxylic acids is 1. The number of nitrogens with zero attached hydrogens (tertiary/aromatic N) is 1. The van der Waals surface area contributed by atoms with Crippen LogP contribution in [0.5, 0.6) is 0 Å². The lowest BCUT2D eigenvalue weighted by Crippen LogP contribution is -2.50. The topological polar surface area (TPSA) is 58.4 Å². The first-order chi connectivity index (χ1) is 7.70. The summed E-state index contributed by atoms with van der Waals surface area (Å²) in [6.45, 7) is 3.32. The van der Waals surface area contributed by atoms with Crippen LogP contribution in [0.3, 0.4) is 0 Å². The van der Waals surface area contributed by atoms with E-state index in [1.54, 1.807) is 4.90 Å². The third kappa shape index (κ3) is 2.17. The van der Waals surface area contributed by atoms with Crippen LogP contribution in [-0.2, 0) is 6.54 Å². The number of nitrogens with two attached hydrogens (primary N) is 1. The lowest BCUT2D eigenvalue weighted by Gasteiger charge is -2.31.